The van der Waals surface area contributed by atoms with Crippen LogP contribution >= 0.6 is 11.3 Å². The molecule has 0 aliphatic heterocycles. The Hall–Kier alpha value is -0.820. The molecule has 0 nitrogen and oxygen atoms in total. The lowest BCUT2D eigenvalue weighted by Gasteiger charge is -2.07. The summed E-state index contributed by atoms with van der Waals surface area (Å²) in [6.45, 7) is 6.69. The minimum absolute atomic E-state index is 0.627. The van der Waals surface area contributed by atoms with E-state index in [2.05, 4.69) is 44.4 Å². The summed E-state index contributed by atoms with van der Waals surface area (Å²) in [6, 6.07) is 6.71. The third-order valence-electron chi connectivity index (χ3n) is 2.49. The van der Waals surface area contributed by atoms with Gasteiger partial charge in [0.05, 0.1) is 0 Å². The Labute approximate surface area is 83.2 Å². The smallest absolute Gasteiger partial charge is 0.0379 e. The fraction of sp³-hybridized carbons (Fsp3) is 0.333. The molecule has 1 heterocycles. The number of hydrogen-bond acceptors (Lipinski definition) is 1. The van der Waals surface area contributed by atoms with E-state index in [4.69, 9.17) is 0 Å². The lowest BCUT2D eigenvalue weighted by atomic mass is 10.00. The van der Waals surface area contributed by atoms with E-state index in [0.717, 1.165) is 0 Å². The largest absolute Gasteiger partial charge is 0.144 e. The van der Waals surface area contributed by atoms with Crippen molar-refractivity contribution >= 4 is 21.4 Å². The van der Waals surface area contributed by atoms with Crippen LogP contribution < -0.4 is 0 Å². The van der Waals surface area contributed by atoms with E-state index in [0.29, 0.717) is 5.92 Å². The Morgan fingerprint density at radius 3 is 2.62 bits per heavy atom. The van der Waals surface area contributed by atoms with Crippen molar-refractivity contribution in [3.8, 4) is 0 Å². The zero-order valence-electron chi connectivity index (χ0n) is 8.29. The van der Waals surface area contributed by atoms with Crippen molar-refractivity contribution in [2.75, 3.05) is 0 Å². The van der Waals surface area contributed by atoms with Crippen LogP contribution in [-0.2, 0) is 0 Å². The van der Waals surface area contributed by atoms with E-state index in [1.54, 1.807) is 0 Å². The van der Waals surface area contributed by atoms with Gasteiger partial charge < -0.3 is 0 Å². The quantitative estimate of drug-likeness (QED) is 0.627. The minimum Gasteiger partial charge on any atom is -0.144 e. The normalized spacial score (nSPS) is 11.4. The van der Waals surface area contributed by atoms with Crippen molar-refractivity contribution in [3.63, 3.8) is 0 Å². The van der Waals surface area contributed by atoms with Crippen molar-refractivity contribution in [3.05, 3.63) is 34.7 Å². The van der Waals surface area contributed by atoms with Gasteiger partial charge in [-0.1, -0.05) is 26.0 Å². The molecule has 0 spiro atoms. The molecule has 13 heavy (non-hydrogen) atoms. The third-order valence-corrected chi connectivity index (χ3v) is 3.45. The van der Waals surface area contributed by atoms with Gasteiger partial charge in [-0.3, -0.25) is 0 Å². The molecule has 1 aromatic heterocycles. The molecule has 0 aliphatic carbocycles. The number of hydrogen-bond donors (Lipinski definition) is 0. The summed E-state index contributed by atoms with van der Waals surface area (Å²) in [6.07, 6.45) is 0. The zero-order chi connectivity index (χ0) is 9.42. The van der Waals surface area contributed by atoms with Crippen molar-refractivity contribution in [2.45, 2.75) is 26.7 Å². The van der Waals surface area contributed by atoms with Crippen LogP contribution in [0.15, 0.2) is 23.6 Å². The summed E-state index contributed by atoms with van der Waals surface area (Å²) in [5.74, 6) is 0.627. The van der Waals surface area contributed by atoms with Gasteiger partial charge in [0.2, 0.25) is 0 Å². The topological polar surface area (TPSA) is 0 Å². The van der Waals surface area contributed by atoms with Crippen LogP contribution in [0.4, 0.5) is 0 Å². The molecule has 2 rings (SSSR count). The molecule has 68 valence electrons. The zero-order valence-corrected chi connectivity index (χ0v) is 9.11. The molecule has 0 aliphatic rings. The summed E-state index contributed by atoms with van der Waals surface area (Å²) >= 11 is 1.86. The van der Waals surface area contributed by atoms with Crippen LogP contribution in [-0.4, -0.2) is 0 Å². The first-order valence-electron chi connectivity index (χ1n) is 4.67. The average Bonchev–Trinajstić information content (AvgIpc) is 2.53. The maximum Gasteiger partial charge on any atom is 0.0379 e. The lowest BCUT2D eigenvalue weighted by molar-refractivity contribution is 0.878. The summed E-state index contributed by atoms with van der Waals surface area (Å²) in [5.41, 5.74) is 2.87. The van der Waals surface area contributed by atoms with E-state index in [1.807, 2.05) is 11.3 Å². The predicted octanol–water partition coefficient (Wildman–Crippen LogP) is 4.33. The summed E-state index contributed by atoms with van der Waals surface area (Å²) in [7, 11) is 0. The van der Waals surface area contributed by atoms with E-state index in [1.165, 1.54) is 21.2 Å². The number of aryl methyl sites for hydroxylation is 1. The van der Waals surface area contributed by atoms with Crippen LogP contribution in [0.2, 0.25) is 0 Å². The van der Waals surface area contributed by atoms with Gasteiger partial charge in [-0.15, -0.1) is 11.3 Å². The van der Waals surface area contributed by atoms with Gasteiger partial charge in [0.25, 0.3) is 0 Å². The summed E-state index contributed by atoms with van der Waals surface area (Å²) in [5, 5.41) is 3.61. The number of thiophene rings is 1. The van der Waals surface area contributed by atoms with Gasteiger partial charge in [0.1, 0.15) is 0 Å². The fourth-order valence-corrected chi connectivity index (χ4v) is 2.81. The second-order valence-electron chi connectivity index (χ2n) is 3.79. The molecule has 0 amide bonds. The average molecular weight is 190 g/mol. The van der Waals surface area contributed by atoms with Gasteiger partial charge in [-0.25, -0.2) is 0 Å². The second-order valence-corrected chi connectivity index (χ2v) is 4.71. The summed E-state index contributed by atoms with van der Waals surface area (Å²) < 4.78 is 1.47. The Bertz CT molecular complexity index is 424. The highest BCUT2D eigenvalue weighted by molar-refractivity contribution is 7.17. The molecular weight excluding hydrogens is 176 g/mol. The molecule has 0 saturated heterocycles. The molecule has 1 aromatic carbocycles. The highest BCUT2D eigenvalue weighted by atomic mass is 32.1. The van der Waals surface area contributed by atoms with Crippen molar-refractivity contribution in [2.24, 2.45) is 0 Å². The maximum absolute atomic E-state index is 2.26. The van der Waals surface area contributed by atoms with Gasteiger partial charge in [0, 0.05) is 4.70 Å². The fourth-order valence-electron chi connectivity index (χ4n) is 1.68. The van der Waals surface area contributed by atoms with Crippen LogP contribution in [0.5, 0.6) is 0 Å². The van der Waals surface area contributed by atoms with E-state index in [-0.39, 0.29) is 0 Å². The number of benzene rings is 1. The molecule has 0 fully saturated rings. The molecular formula is C12H14S. The van der Waals surface area contributed by atoms with Gasteiger partial charge in [-0.2, -0.15) is 0 Å². The first-order chi connectivity index (χ1) is 6.20. The van der Waals surface area contributed by atoms with E-state index in [9.17, 15) is 0 Å². The van der Waals surface area contributed by atoms with Crippen molar-refractivity contribution in [1.29, 1.82) is 0 Å². The molecule has 0 atom stereocenters. The molecule has 0 N–H and O–H groups in total. The molecule has 1 heteroatoms. The number of rotatable bonds is 1. The Morgan fingerprint density at radius 1 is 1.15 bits per heavy atom. The first kappa shape index (κ1) is 8.76. The van der Waals surface area contributed by atoms with Gasteiger partial charge >= 0.3 is 0 Å². The van der Waals surface area contributed by atoms with Crippen LogP contribution in [0.25, 0.3) is 10.1 Å². The lowest BCUT2D eigenvalue weighted by Crippen LogP contribution is -1.87. The highest BCUT2D eigenvalue weighted by Crippen LogP contribution is 2.31. The Balaban J connectivity index is 2.78. The first-order valence-corrected chi connectivity index (χ1v) is 5.55. The van der Waals surface area contributed by atoms with Crippen LogP contribution in [0, 0.1) is 6.92 Å². The highest BCUT2D eigenvalue weighted by Gasteiger charge is 2.07. The van der Waals surface area contributed by atoms with Crippen LogP contribution in [0.1, 0.15) is 30.9 Å². The minimum atomic E-state index is 0.627. The molecule has 0 radical (unpaired) electrons. The monoisotopic (exact) mass is 190 g/mol. The maximum atomic E-state index is 2.26. The van der Waals surface area contributed by atoms with E-state index >= 15 is 0 Å². The second kappa shape index (κ2) is 3.15. The third kappa shape index (κ3) is 1.37. The molecule has 0 unspecified atom stereocenters. The van der Waals surface area contributed by atoms with Crippen molar-refractivity contribution < 1.29 is 0 Å². The Morgan fingerprint density at radius 2 is 1.92 bits per heavy atom. The van der Waals surface area contributed by atoms with Crippen molar-refractivity contribution in [1.82, 2.24) is 0 Å². The number of fused-ring (bicyclic) bond motifs is 1. The SMILES string of the molecule is Cc1ccc(C(C)C)c2sccc12. The Kier molecular flexibility index (Phi) is 2.12. The summed E-state index contributed by atoms with van der Waals surface area (Å²) in [4.78, 5) is 0. The van der Waals surface area contributed by atoms with Gasteiger partial charge in [-0.05, 0) is 40.8 Å². The molecule has 0 saturated carbocycles. The molecule has 2 aromatic rings. The standard InChI is InChI=1S/C12H14S/c1-8(2)10-5-4-9(3)11-6-7-13-12(10)11/h4-8H,1-3H3. The molecule has 0 bridgehead atoms. The van der Waals surface area contributed by atoms with E-state index < -0.39 is 0 Å². The van der Waals surface area contributed by atoms with Crippen LogP contribution in [0.3, 0.4) is 0 Å². The predicted molar refractivity (Wildman–Crippen MR) is 60.7 cm³/mol. The van der Waals surface area contributed by atoms with Gasteiger partial charge in [0.15, 0.2) is 0 Å².